The monoisotopic (exact) mass is 319 g/mol. The van der Waals surface area contributed by atoms with Gasteiger partial charge in [-0.1, -0.05) is 11.6 Å². The molecule has 0 aliphatic carbocycles. The third-order valence-corrected chi connectivity index (χ3v) is 3.78. The number of anilines is 2. The number of rotatable bonds is 3. The first-order valence-corrected chi connectivity index (χ1v) is 7.48. The van der Waals surface area contributed by atoms with Gasteiger partial charge in [0.05, 0.1) is 17.6 Å². The molecule has 24 heavy (non-hydrogen) atoms. The van der Waals surface area contributed by atoms with Crippen LogP contribution in [0.15, 0.2) is 55.0 Å². The van der Waals surface area contributed by atoms with Crippen molar-refractivity contribution in [2.75, 3.05) is 5.32 Å². The van der Waals surface area contributed by atoms with Crippen molar-refractivity contribution in [3.8, 4) is 11.3 Å². The number of fused-ring (bicyclic) bond motifs is 1. The number of aromatic nitrogens is 4. The normalized spacial score (nSPS) is 10.9. The van der Waals surface area contributed by atoms with Crippen molar-refractivity contribution in [2.24, 2.45) is 0 Å². The Morgan fingerprint density at radius 3 is 2.83 bits per heavy atom. The molecule has 0 atom stereocenters. The molecule has 0 amide bonds. The van der Waals surface area contributed by atoms with Crippen molar-refractivity contribution in [3.05, 3.63) is 66.4 Å². The number of hydrogen-bond donors (Lipinski definition) is 2. The number of benzene rings is 1. The van der Waals surface area contributed by atoms with Gasteiger partial charge in [-0.15, -0.1) is 0 Å². The standard InChI is InChI=1S/C18H14FN5/c1-11-2-3-14(19)13(8-11)16-9-12(4-6-20-16)23-15-5-7-21-17-10-22-24-18(15)17/h2-10H,1H3,(H,22,24)(H,20,21,23). The van der Waals surface area contributed by atoms with Gasteiger partial charge in [0.15, 0.2) is 0 Å². The van der Waals surface area contributed by atoms with Gasteiger partial charge in [-0.25, -0.2) is 4.39 Å². The zero-order valence-corrected chi connectivity index (χ0v) is 12.9. The van der Waals surface area contributed by atoms with Crippen molar-refractivity contribution >= 4 is 22.4 Å². The SMILES string of the molecule is Cc1ccc(F)c(-c2cc(Nc3ccnc4cn[nH]c34)ccn2)c1. The van der Waals surface area contributed by atoms with Crippen LogP contribution in [-0.4, -0.2) is 20.2 Å². The van der Waals surface area contributed by atoms with E-state index in [4.69, 9.17) is 0 Å². The zero-order valence-electron chi connectivity index (χ0n) is 12.9. The fraction of sp³-hybridized carbons (Fsp3) is 0.0556. The first-order valence-electron chi connectivity index (χ1n) is 7.48. The lowest BCUT2D eigenvalue weighted by atomic mass is 10.1. The molecule has 0 unspecified atom stereocenters. The summed E-state index contributed by atoms with van der Waals surface area (Å²) in [7, 11) is 0. The van der Waals surface area contributed by atoms with Gasteiger partial charge >= 0.3 is 0 Å². The minimum absolute atomic E-state index is 0.287. The van der Waals surface area contributed by atoms with E-state index in [1.54, 1.807) is 30.7 Å². The summed E-state index contributed by atoms with van der Waals surface area (Å²) in [4.78, 5) is 8.53. The average molecular weight is 319 g/mol. The van der Waals surface area contributed by atoms with Gasteiger partial charge < -0.3 is 5.32 Å². The zero-order chi connectivity index (χ0) is 16.5. The number of aromatic amines is 1. The summed E-state index contributed by atoms with van der Waals surface area (Å²) in [5, 5.41) is 10.2. The van der Waals surface area contributed by atoms with Crippen LogP contribution in [0, 0.1) is 12.7 Å². The van der Waals surface area contributed by atoms with Crippen LogP contribution in [-0.2, 0) is 0 Å². The second-order valence-electron chi connectivity index (χ2n) is 5.53. The molecule has 0 saturated heterocycles. The van der Waals surface area contributed by atoms with E-state index >= 15 is 0 Å². The Kier molecular flexibility index (Phi) is 3.42. The summed E-state index contributed by atoms with van der Waals surface area (Å²) in [6.07, 6.45) is 5.04. The summed E-state index contributed by atoms with van der Waals surface area (Å²) in [5.74, 6) is -0.287. The smallest absolute Gasteiger partial charge is 0.132 e. The molecule has 118 valence electrons. The summed E-state index contributed by atoms with van der Waals surface area (Å²) >= 11 is 0. The maximum Gasteiger partial charge on any atom is 0.132 e. The van der Waals surface area contributed by atoms with Gasteiger partial charge in [-0.05, 0) is 37.3 Å². The molecule has 3 heterocycles. The Hall–Kier alpha value is -3.28. The molecule has 4 rings (SSSR count). The molecule has 0 saturated carbocycles. The van der Waals surface area contributed by atoms with Gasteiger partial charge in [0, 0.05) is 23.6 Å². The largest absolute Gasteiger partial charge is 0.354 e. The molecular formula is C18H14FN5. The van der Waals surface area contributed by atoms with Crippen molar-refractivity contribution in [2.45, 2.75) is 6.92 Å². The van der Waals surface area contributed by atoms with Gasteiger partial charge in [0.2, 0.25) is 0 Å². The summed E-state index contributed by atoms with van der Waals surface area (Å²) in [6, 6.07) is 10.5. The molecule has 6 heteroatoms. The first-order chi connectivity index (χ1) is 11.7. The number of pyridine rings is 2. The highest BCUT2D eigenvalue weighted by Crippen LogP contribution is 2.27. The second kappa shape index (κ2) is 5.73. The van der Waals surface area contributed by atoms with Crippen molar-refractivity contribution in [1.82, 2.24) is 20.2 Å². The van der Waals surface area contributed by atoms with Gasteiger partial charge in [-0.2, -0.15) is 5.10 Å². The Labute approximate surface area is 137 Å². The van der Waals surface area contributed by atoms with Crippen LogP contribution in [0.1, 0.15) is 5.56 Å². The Morgan fingerprint density at radius 1 is 1.04 bits per heavy atom. The minimum atomic E-state index is -0.287. The Balaban J connectivity index is 1.73. The third kappa shape index (κ3) is 2.58. The molecule has 0 aliphatic heterocycles. The number of aryl methyl sites for hydroxylation is 1. The molecule has 5 nitrogen and oxygen atoms in total. The van der Waals surface area contributed by atoms with Crippen LogP contribution in [0.3, 0.4) is 0 Å². The Morgan fingerprint density at radius 2 is 1.92 bits per heavy atom. The van der Waals surface area contributed by atoms with Crippen LogP contribution in [0.4, 0.5) is 15.8 Å². The molecule has 3 aromatic heterocycles. The maximum absolute atomic E-state index is 14.1. The predicted octanol–water partition coefficient (Wildman–Crippen LogP) is 4.21. The molecule has 0 aliphatic rings. The van der Waals surface area contributed by atoms with E-state index in [2.05, 4.69) is 25.5 Å². The number of halogens is 1. The van der Waals surface area contributed by atoms with E-state index < -0.39 is 0 Å². The number of H-pyrrole nitrogens is 1. The van der Waals surface area contributed by atoms with Crippen molar-refractivity contribution in [3.63, 3.8) is 0 Å². The fourth-order valence-electron chi connectivity index (χ4n) is 2.60. The summed E-state index contributed by atoms with van der Waals surface area (Å²) in [5.41, 5.74) is 5.30. The minimum Gasteiger partial charge on any atom is -0.354 e. The summed E-state index contributed by atoms with van der Waals surface area (Å²) in [6.45, 7) is 1.93. The molecule has 0 fully saturated rings. The molecule has 2 N–H and O–H groups in total. The average Bonchev–Trinajstić information content (AvgIpc) is 3.07. The van der Waals surface area contributed by atoms with E-state index in [0.717, 1.165) is 28.0 Å². The second-order valence-corrected chi connectivity index (χ2v) is 5.53. The van der Waals surface area contributed by atoms with Crippen molar-refractivity contribution < 1.29 is 4.39 Å². The fourth-order valence-corrected chi connectivity index (χ4v) is 2.60. The topological polar surface area (TPSA) is 66.5 Å². The van der Waals surface area contributed by atoms with E-state index in [0.29, 0.717) is 11.3 Å². The molecule has 0 bridgehead atoms. The lowest BCUT2D eigenvalue weighted by Crippen LogP contribution is -1.95. The van der Waals surface area contributed by atoms with Crippen LogP contribution in [0.2, 0.25) is 0 Å². The highest BCUT2D eigenvalue weighted by molar-refractivity contribution is 5.89. The van der Waals surface area contributed by atoms with Gasteiger partial charge in [0.1, 0.15) is 16.9 Å². The van der Waals surface area contributed by atoms with Crippen LogP contribution in [0.5, 0.6) is 0 Å². The Bertz CT molecular complexity index is 1020. The molecule has 0 radical (unpaired) electrons. The van der Waals surface area contributed by atoms with E-state index in [9.17, 15) is 4.39 Å². The maximum atomic E-state index is 14.1. The van der Waals surface area contributed by atoms with E-state index in [1.165, 1.54) is 6.07 Å². The first kappa shape index (κ1) is 14.3. The lowest BCUT2D eigenvalue weighted by Gasteiger charge is -2.09. The van der Waals surface area contributed by atoms with Crippen LogP contribution in [0.25, 0.3) is 22.3 Å². The number of nitrogens with one attached hydrogen (secondary N) is 2. The van der Waals surface area contributed by atoms with Gasteiger partial charge in [0.25, 0.3) is 0 Å². The predicted molar refractivity (Wildman–Crippen MR) is 91.5 cm³/mol. The number of nitrogens with zero attached hydrogens (tertiary/aromatic N) is 3. The van der Waals surface area contributed by atoms with Crippen LogP contribution < -0.4 is 5.32 Å². The van der Waals surface area contributed by atoms with Gasteiger partial charge in [-0.3, -0.25) is 15.1 Å². The third-order valence-electron chi connectivity index (χ3n) is 3.78. The highest BCUT2D eigenvalue weighted by atomic mass is 19.1. The van der Waals surface area contributed by atoms with E-state index in [1.807, 2.05) is 25.1 Å². The highest BCUT2D eigenvalue weighted by Gasteiger charge is 2.09. The van der Waals surface area contributed by atoms with Crippen LogP contribution >= 0.6 is 0 Å². The molecule has 4 aromatic rings. The van der Waals surface area contributed by atoms with E-state index in [-0.39, 0.29) is 5.82 Å². The molecular weight excluding hydrogens is 305 g/mol. The number of hydrogen-bond acceptors (Lipinski definition) is 4. The molecule has 1 aromatic carbocycles. The lowest BCUT2D eigenvalue weighted by molar-refractivity contribution is 0.630. The summed E-state index contributed by atoms with van der Waals surface area (Å²) < 4.78 is 14.1. The van der Waals surface area contributed by atoms with Crippen molar-refractivity contribution in [1.29, 1.82) is 0 Å². The quantitative estimate of drug-likeness (QED) is 0.593. The molecule has 0 spiro atoms.